The van der Waals surface area contributed by atoms with E-state index in [0.29, 0.717) is 18.5 Å². The van der Waals surface area contributed by atoms with Gasteiger partial charge in [-0.2, -0.15) is 0 Å². The molecule has 1 heterocycles. The molecule has 0 amide bonds. The second-order valence-electron chi connectivity index (χ2n) is 6.09. The SMILES string of the molecule is CCCCC(C)OC(=O)C(SOOO)C1CC(CCCC)OC1=O. The number of hydrogen-bond acceptors (Lipinski definition) is 8. The van der Waals surface area contributed by atoms with Gasteiger partial charge < -0.3 is 9.47 Å². The fourth-order valence-electron chi connectivity index (χ4n) is 2.68. The lowest BCUT2D eigenvalue weighted by Crippen LogP contribution is -2.33. The van der Waals surface area contributed by atoms with Crippen LogP contribution in [-0.2, 0) is 28.4 Å². The van der Waals surface area contributed by atoms with Gasteiger partial charge in [0.15, 0.2) is 0 Å². The Morgan fingerprint density at radius 3 is 2.71 bits per heavy atom. The van der Waals surface area contributed by atoms with E-state index in [1.54, 1.807) is 0 Å². The average Bonchev–Trinajstić information content (AvgIpc) is 2.92. The third kappa shape index (κ3) is 6.96. The van der Waals surface area contributed by atoms with Crippen LogP contribution in [0, 0.1) is 5.92 Å². The fourth-order valence-corrected chi connectivity index (χ4v) is 3.29. The van der Waals surface area contributed by atoms with E-state index in [0.717, 1.165) is 38.5 Å². The molecule has 4 atom stereocenters. The van der Waals surface area contributed by atoms with E-state index in [-0.39, 0.29) is 12.2 Å². The normalized spacial score (nSPS) is 22.9. The molecular formula is C16H28O7S. The molecule has 1 rings (SSSR count). The number of esters is 2. The number of hydrogen-bond donors (Lipinski definition) is 1. The number of ether oxygens (including phenoxy) is 2. The maximum absolute atomic E-state index is 12.4. The second kappa shape index (κ2) is 11.7. The molecule has 0 bridgehead atoms. The smallest absolute Gasteiger partial charge is 0.322 e. The van der Waals surface area contributed by atoms with Gasteiger partial charge in [0.2, 0.25) is 0 Å². The molecule has 1 saturated heterocycles. The number of unbranched alkanes of at least 4 members (excludes halogenated alkanes) is 2. The third-order valence-corrected chi connectivity index (χ3v) is 4.90. The topological polar surface area (TPSA) is 91.3 Å². The summed E-state index contributed by atoms with van der Waals surface area (Å²) in [4.78, 5) is 24.5. The molecule has 0 saturated carbocycles. The summed E-state index contributed by atoms with van der Waals surface area (Å²) in [6, 6.07) is 0. The minimum Gasteiger partial charge on any atom is -0.462 e. The predicted octanol–water partition coefficient (Wildman–Crippen LogP) is 3.67. The molecule has 8 heteroatoms. The zero-order chi connectivity index (χ0) is 17.9. The molecule has 0 aromatic heterocycles. The highest BCUT2D eigenvalue weighted by molar-refractivity contribution is 7.96. The molecule has 0 aromatic carbocycles. The van der Waals surface area contributed by atoms with Gasteiger partial charge in [0, 0.05) is 0 Å². The van der Waals surface area contributed by atoms with E-state index in [2.05, 4.69) is 23.2 Å². The van der Waals surface area contributed by atoms with Gasteiger partial charge in [-0.3, -0.25) is 9.59 Å². The van der Waals surface area contributed by atoms with Crippen LogP contribution in [0.2, 0.25) is 0 Å². The van der Waals surface area contributed by atoms with Crippen molar-refractivity contribution in [1.82, 2.24) is 0 Å². The first kappa shape index (κ1) is 21.2. The van der Waals surface area contributed by atoms with Crippen LogP contribution in [0.4, 0.5) is 0 Å². The van der Waals surface area contributed by atoms with Crippen LogP contribution in [0.25, 0.3) is 0 Å². The first-order valence-corrected chi connectivity index (χ1v) is 9.38. The predicted molar refractivity (Wildman–Crippen MR) is 88.8 cm³/mol. The summed E-state index contributed by atoms with van der Waals surface area (Å²) in [5.41, 5.74) is 0. The van der Waals surface area contributed by atoms with E-state index in [4.69, 9.17) is 14.7 Å². The summed E-state index contributed by atoms with van der Waals surface area (Å²) in [7, 11) is 0. The highest BCUT2D eigenvalue weighted by Gasteiger charge is 2.45. The molecule has 7 nitrogen and oxygen atoms in total. The molecule has 0 spiro atoms. The van der Waals surface area contributed by atoms with Crippen molar-refractivity contribution in [2.24, 2.45) is 5.92 Å². The largest absolute Gasteiger partial charge is 0.462 e. The number of rotatable bonds is 12. The Hall–Kier alpha value is -0.830. The van der Waals surface area contributed by atoms with E-state index in [1.165, 1.54) is 0 Å². The van der Waals surface area contributed by atoms with E-state index in [9.17, 15) is 9.59 Å². The van der Waals surface area contributed by atoms with Gasteiger partial charge in [-0.15, -0.1) is 4.33 Å². The van der Waals surface area contributed by atoms with Crippen LogP contribution >= 0.6 is 12.0 Å². The van der Waals surface area contributed by atoms with Crippen LogP contribution in [0.15, 0.2) is 0 Å². The maximum atomic E-state index is 12.4. The first-order chi connectivity index (χ1) is 11.5. The lowest BCUT2D eigenvalue weighted by molar-refractivity contribution is -0.432. The van der Waals surface area contributed by atoms with Crippen LogP contribution in [0.5, 0.6) is 0 Å². The van der Waals surface area contributed by atoms with Gasteiger partial charge >= 0.3 is 11.9 Å². The third-order valence-electron chi connectivity index (χ3n) is 4.03. The Labute approximate surface area is 147 Å². The standard InChI is InChI=1S/C16H28O7S/c1-4-6-8-11(3)20-16(18)14(24-23-22-19)13-10-12(9-7-5-2)21-15(13)17/h11-14,19H,4-10H2,1-3H3. The molecular weight excluding hydrogens is 336 g/mol. The van der Waals surface area contributed by atoms with Crippen molar-refractivity contribution in [3.05, 3.63) is 0 Å². The molecule has 4 unspecified atom stereocenters. The Morgan fingerprint density at radius 2 is 2.08 bits per heavy atom. The van der Waals surface area contributed by atoms with Gasteiger partial charge in [0.1, 0.15) is 11.4 Å². The summed E-state index contributed by atoms with van der Waals surface area (Å²) in [5, 5.41) is 11.0. The Morgan fingerprint density at radius 1 is 1.38 bits per heavy atom. The highest BCUT2D eigenvalue weighted by atomic mass is 32.2. The van der Waals surface area contributed by atoms with Crippen LogP contribution in [0.3, 0.4) is 0 Å². The molecule has 0 radical (unpaired) electrons. The zero-order valence-electron chi connectivity index (χ0n) is 14.6. The van der Waals surface area contributed by atoms with Crippen molar-refractivity contribution < 1.29 is 33.7 Å². The van der Waals surface area contributed by atoms with E-state index in [1.807, 2.05) is 6.92 Å². The van der Waals surface area contributed by atoms with Crippen molar-refractivity contribution in [3.63, 3.8) is 0 Å². The van der Waals surface area contributed by atoms with Crippen LogP contribution < -0.4 is 0 Å². The van der Waals surface area contributed by atoms with Gasteiger partial charge in [0.25, 0.3) is 0 Å². The van der Waals surface area contributed by atoms with E-state index < -0.39 is 23.1 Å². The average molecular weight is 364 g/mol. The molecule has 1 aliphatic heterocycles. The quantitative estimate of drug-likeness (QED) is 0.243. The monoisotopic (exact) mass is 364 g/mol. The summed E-state index contributed by atoms with van der Waals surface area (Å²) >= 11 is 0.575. The van der Waals surface area contributed by atoms with Gasteiger partial charge in [-0.1, -0.05) is 44.6 Å². The molecule has 1 fully saturated rings. The lowest BCUT2D eigenvalue weighted by Gasteiger charge is -2.20. The minimum atomic E-state index is -0.930. The zero-order valence-corrected chi connectivity index (χ0v) is 15.4. The molecule has 0 aromatic rings. The number of carbonyl (C=O) groups is 2. The van der Waals surface area contributed by atoms with Gasteiger partial charge in [-0.25, -0.2) is 5.26 Å². The summed E-state index contributed by atoms with van der Waals surface area (Å²) < 4.78 is 15.2. The Bertz CT molecular complexity index is 391. The Balaban J connectivity index is 2.66. The number of carbonyl (C=O) groups excluding carboxylic acids is 2. The number of cyclic esters (lactones) is 1. The minimum absolute atomic E-state index is 0.189. The Kier molecular flexibility index (Phi) is 10.3. The summed E-state index contributed by atoms with van der Waals surface area (Å²) in [5.74, 6) is -1.66. The van der Waals surface area contributed by atoms with Gasteiger partial charge in [-0.05, 0) is 26.2 Å². The van der Waals surface area contributed by atoms with Crippen molar-refractivity contribution in [1.29, 1.82) is 0 Å². The molecule has 1 N–H and O–H groups in total. The van der Waals surface area contributed by atoms with Crippen molar-refractivity contribution in [2.45, 2.75) is 83.2 Å². The lowest BCUT2D eigenvalue weighted by atomic mass is 9.98. The van der Waals surface area contributed by atoms with Crippen LogP contribution in [0.1, 0.15) is 65.7 Å². The molecule has 0 aliphatic carbocycles. The van der Waals surface area contributed by atoms with Crippen molar-refractivity contribution in [3.8, 4) is 0 Å². The van der Waals surface area contributed by atoms with Gasteiger partial charge in [0.05, 0.1) is 24.1 Å². The molecule has 24 heavy (non-hydrogen) atoms. The fraction of sp³-hybridized carbons (Fsp3) is 0.875. The van der Waals surface area contributed by atoms with Crippen LogP contribution in [-0.4, -0.2) is 34.7 Å². The first-order valence-electron chi connectivity index (χ1n) is 8.57. The highest BCUT2D eigenvalue weighted by Crippen LogP contribution is 2.34. The van der Waals surface area contributed by atoms with E-state index >= 15 is 0 Å². The molecule has 1 aliphatic rings. The van der Waals surface area contributed by atoms with Crippen molar-refractivity contribution >= 4 is 24.0 Å². The second-order valence-corrected chi connectivity index (χ2v) is 6.93. The maximum Gasteiger partial charge on any atom is 0.322 e. The molecule has 140 valence electrons. The summed E-state index contributed by atoms with van der Waals surface area (Å²) in [6.07, 6.45) is 5.45. The summed E-state index contributed by atoms with van der Waals surface area (Å²) in [6.45, 7) is 5.94. The van der Waals surface area contributed by atoms with Crippen molar-refractivity contribution in [2.75, 3.05) is 0 Å².